The molecule has 134 valence electrons. The van der Waals surface area contributed by atoms with Gasteiger partial charge in [0.25, 0.3) is 0 Å². The minimum atomic E-state index is -3.73. The highest BCUT2D eigenvalue weighted by atomic mass is 32.2. The van der Waals surface area contributed by atoms with Gasteiger partial charge in [-0.25, -0.2) is 8.42 Å². The fraction of sp³-hybridized carbons (Fsp3) is 0.500. The van der Waals surface area contributed by atoms with Crippen molar-refractivity contribution in [3.8, 4) is 0 Å². The molecule has 1 rings (SSSR count). The lowest BCUT2D eigenvalue weighted by Crippen LogP contribution is -2.44. The second-order valence-electron chi connectivity index (χ2n) is 5.39. The third-order valence-electron chi connectivity index (χ3n) is 3.72. The highest BCUT2D eigenvalue weighted by Gasteiger charge is 2.25. The maximum absolute atomic E-state index is 12.4. The Hall–Kier alpha value is -1.93. The summed E-state index contributed by atoms with van der Waals surface area (Å²) in [5.41, 5.74) is 0. The Morgan fingerprint density at radius 3 is 1.96 bits per heavy atom. The van der Waals surface area contributed by atoms with E-state index in [4.69, 9.17) is 0 Å². The fourth-order valence-corrected chi connectivity index (χ4v) is 3.28. The Morgan fingerprint density at radius 2 is 1.46 bits per heavy atom. The second-order valence-corrected chi connectivity index (χ2v) is 7.43. The van der Waals surface area contributed by atoms with E-state index >= 15 is 0 Å². The Bertz CT molecular complexity index is 657. The van der Waals surface area contributed by atoms with Gasteiger partial charge in [0.2, 0.25) is 21.8 Å². The van der Waals surface area contributed by atoms with Crippen LogP contribution in [-0.2, 0) is 19.6 Å². The average Bonchev–Trinajstić information content (AvgIpc) is 2.56. The monoisotopic (exact) mass is 355 g/mol. The molecule has 0 unspecified atom stereocenters. The van der Waals surface area contributed by atoms with E-state index in [1.807, 2.05) is 13.8 Å². The molecule has 0 heterocycles. The van der Waals surface area contributed by atoms with Crippen LogP contribution in [0.4, 0.5) is 0 Å². The molecule has 0 bridgehead atoms. The first-order valence-electron chi connectivity index (χ1n) is 7.77. The van der Waals surface area contributed by atoms with E-state index in [1.165, 1.54) is 31.1 Å². The van der Waals surface area contributed by atoms with Crippen LogP contribution in [0.2, 0.25) is 0 Å². The zero-order chi connectivity index (χ0) is 18.3. The number of amides is 2. The van der Waals surface area contributed by atoms with Crippen molar-refractivity contribution in [1.29, 1.82) is 0 Å². The molecule has 8 heteroatoms. The summed E-state index contributed by atoms with van der Waals surface area (Å²) in [5.74, 6) is -0.595. The summed E-state index contributed by atoms with van der Waals surface area (Å²) >= 11 is 0. The SMILES string of the molecule is CCN(CC)C(=O)CN(C)C(=O)CN(C)S(=O)(=O)c1ccccc1. The van der Waals surface area contributed by atoms with Gasteiger partial charge < -0.3 is 9.80 Å². The van der Waals surface area contributed by atoms with E-state index in [9.17, 15) is 18.0 Å². The number of likely N-dealkylation sites (N-methyl/N-ethyl adjacent to an activating group) is 3. The van der Waals surface area contributed by atoms with Gasteiger partial charge in [0.1, 0.15) is 0 Å². The van der Waals surface area contributed by atoms with Crippen molar-refractivity contribution in [3.05, 3.63) is 30.3 Å². The van der Waals surface area contributed by atoms with Crippen LogP contribution in [0, 0.1) is 0 Å². The summed E-state index contributed by atoms with van der Waals surface area (Å²) < 4.78 is 25.8. The maximum Gasteiger partial charge on any atom is 0.243 e. The molecule has 0 spiro atoms. The van der Waals surface area contributed by atoms with Crippen LogP contribution >= 0.6 is 0 Å². The normalized spacial score (nSPS) is 11.4. The number of hydrogen-bond acceptors (Lipinski definition) is 4. The largest absolute Gasteiger partial charge is 0.342 e. The lowest BCUT2D eigenvalue weighted by molar-refractivity contribution is -0.139. The van der Waals surface area contributed by atoms with Gasteiger partial charge in [-0.2, -0.15) is 4.31 Å². The quantitative estimate of drug-likeness (QED) is 0.685. The Kier molecular flexibility index (Phi) is 7.37. The van der Waals surface area contributed by atoms with Crippen molar-refractivity contribution in [1.82, 2.24) is 14.1 Å². The van der Waals surface area contributed by atoms with Crippen LogP contribution in [0.15, 0.2) is 35.2 Å². The molecule has 0 fully saturated rings. The number of hydrogen-bond donors (Lipinski definition) is 0. The molecule has 2 amide bonds. The lowest BCUT2D eigenvalue weighted by atomic mass is 10.4. The minimum absolute atomic E-state index is 0.0697. The van der Waals surface area contributed by atoms with E-state index in [1.54, 1.807) is 23.1 Å². The van der Waals surface area contributed by atoms with E-state index < -0.39 is 15.9 Å². The van der Waals surface area contributed by atoms with E-state index in [-0.39, 0.29) is 23.9 Å². The highest BCUT2D eigenvalue weighted by molar-refractivity contribution is 7.89. The van der Waals surface area contributed by atoms with Crippen LogP contribution in [0.25, 0.3) is 0 Å². The number of rotatable bonds is 8. The Labute approximate surface area is 143 Å². The van der Waals surface area contributed by atoms with Gasteiger partial charge in [0, 0.05) is 27.2 Å². The first kappa shape index (κ1) is 20.1. The number of sulfonamides is 1. The summed E-state index contributed by atoms with van der Waals surface area (Å²) in [4.78, 5) is 27.2. The zero-order valence-corrected chi connectivity index (χ0v) is 15.4. The molecule has 24 heavy (non-hydrogen) atoms. The summed E-state index contributed by atoms with van der Waals surface area (Å²) in [6.45, 7) is 4.48. The highest BCUT2D eigenvalue weighted by Crippen LogP contribution is 2.13. The van der Waals surface area contributed by atoms with Gasteiger partial charge in [-0.05, 0) is 26.0 Å². The Balaban J connectivity index is 2.71. The summed E-state index contributed by atoms with van der Waals surface area (Å²) in [7, 11) is -0.891. The zero-order valence-electron chi connectivity index (χ0n) is 14.6. The first-order chi connectivity index (χ1) is 11.2. The van der Waals surface area contributed by atoms with Gasteiger partial charge in [-0.15, -0.1) is 0 Å². The number of carbonyl (C=O) groups excluding carboxylic acids is 2. The van der Waals surface area contributed by atoms with Crippen molar-refractivity contribution in [2.24, 2.45) is 0 Å². The topological polar surface area (TPSA) is 78.0 Å². The van der Waals surface area contributed by atoms with Gasteiger partial charge >= 0.3 is 0 Å². The number of benzene rings is 1. The first-order valence-corrected chi connectivity index (χ1v) is 9.21. The van der Waals surface area contributed by atoms with Gasteiger partial charge in [0.05, 0.1) is 18.0 Å². The van der Waals surface area contributed by atoms with Crippen molar-refractivity contribution in [2.45, 2.75) is 18.7 Å². The molecule has 1 aromatic rings. The third-order valence-corrected chi connectivity index (χ3v) is 5.54. The molecule has 0 aromatic heterocycles. The smallest absolute Gasteiger partial charge is 0.243 e. The third kappa shape index (κ3) is 5.04. The molecule has 0 radical (unpaired) electrons. The molecule has 1 aromatic carbocycles. The summed E-state index contributed by atoms with van der Waals surface area (Å²) in [6, 6.07) is 7.92. The summed E-state index contributed by atoms with van der Waals surface area (Å²) in [6.07, 6.45) is 0. The molecule has 0 saturated heterocycles. The van der Waals surface area contributed by atoms with Crippen molar-refractivity contribution >= 4 is 21.8 Å². The minimum Gasteiger partial charge on any atom is -0.342 e. The molecular formula is C16H25N3O4S. The second kappa shape index (κ2) is 8.79. The predicted octanol–water partition coefficient (Wildman–Crippen LogP) is 0.634. The lowest BCUT2D eigenvalue weighted by Gasteiger charge is -2.25. The van der Waals surface area contributed by atoms with Crippen LogP contribution in [0.3, 0.4) is 0 Å². The van der Waals surface area contributed by atoms with Crippen molar-refractivity contribution in [3.63, 3.8) is 0 Å². The van der Waals surface area contributed by atoms with E-state index in [2.05, 4.69) is 0 Å². The van der Waals surface area contributed by atoms with Crippen molar-refractivity contribution < 1.29 is 18.0 Å². The van der Waals surface area contributed by atoms with E-state index in [0.29, 0.717) is 13.1 Å². The van der Waals surface area contributed by atoms with Crippen LogP contribution < -0.4 is 0 Å². The average molecular weight is 355 g/mol. The predicted molar refractivity (Wildman–Crippen MR) is 91.8 cm³/mol. The summed E-state index contributed by atoms with van der Waals surface area (Å²) in [5, 5.41) is 0. The number of nitrogens with zero attached hydrogens (tertiary/aromatic N) is 3. The van der Waals surface area contributed by atoms with Crippen molar-refractivity contribution in [2.75, 3.05) is 40.3 Å². The van der Waals surface area contributed by atoms with Crippen LogP contribution in [-0.4, -0.2) is 74.6 Å². The Morgan fingerprint density at radius 1 is 0.917 bits per heavy atom. The molecule has 0 aliphatic heterocycles. The standard InChI is InChI=1S/C16H25N3O4S/c1-5-19(6-2)16(21)12-17(3)15(20)13-18(4)24(22,23)14-10-8-7-9-11-14/h7-11H,5-6,12-13H2,1-4H3. The van der Waals surface area contributed by atoms with E-state index in [0.717, 1.165) is 4.31 Å². The molecule has 0 aliphatic rings. The molecule has 0 N–H and O–H groups in total. The molecule has 0 saturated carbocycles. The van der Waals surface area contributed by atoms with Crippen LogP contribution in [0.1, 0.15) is 13.8 Å². The molecule has 7 nitrogen and oxygen atoms in total. The molecule has 0 atom stereocenters. The maximum atomic E-state index is 12.4. The van der Waals surface area contributed by atoms with Crippen LogP contribution in [0.5, 0.6) is 0 Å². The van der Waals surface area contributed by atoms with Gasteiger partial charge in [0.15, 0.2) is 0 Å². The van der Waals surface area contributed by atoms with Gasteiger partial charge in [-0.1, -0.05) is 18.2 Å². The van der Waals surface area contributed by atoms with Gasteiger partial charge in [-0.3, -0.25) is 9.59 Å². The molecular weight excluding hydrogens is 330 g/mol. The molecule has 0 aliphatic carbocycles. The number of carbonyl (C=O) groups is 2. The fourth-order valence-electron chi connectivity index (χ4n) is 2.14.